The van der Waals surface area contributed by atoms with Gasteiger partial charge in [-0.25, -0.2) is 4.39 Å². The molecule has 2 rings (SSSR count). The Morgan fingerprint density at radius 3 is 2.71 bits per heavy atom. The van der Waals surface area contributed by atoms with E-state index in [0.29, 0.717) is 12.6 Å². The molecule has 3 heteroatoms. The molecule has 0 amide bonds. The van der Waals surface area contributed by atoms with Gasteiger partial charge in [0.05, 0.1) is 0 Å². The molecule has 1 aliphatic rings. The highest BCUT2D eigenvalue weighted by atomic mass is 19.1. The predicted molar refractivity (Wildman–Crippen MR) is 55.7 cm³/mol. The number of halogens is 1. The summed E-state index contributed by atoms with van der Waals surface area (Å²) in [5.74, 6) is -0.199. The van der Waals surface area contributed by atoms with Gasteiger partial charge in [-0.2, -0.15) is 0 Å². The number of hydrogen-bond acceptors (Lipinski definition) is 2. The average molecular weight is 194 g/mol. The van der Waals surface area contributed by atoms with Crippen molar-refractivity contribution in [1.82, 2.24) is 0 Å². The Balaban J connectivity index is 2.27. The van der Waals surface area contributed by atoms with Crippen LogP contribution in [0.4, 0.5) is 10.1 Å². The van der Waals surface area contributed by atoms with Gasteiger partial charge in [-0.1, -0.05) is 0 Å². The molecule has 1 aliphatic carbocycles. The number of benzene rings is 1. The molecule has 2 N–H and O–H groups in total. The monoisotopic (exact) mass is 194 g/mol. The lowest BCUT2D eigenvalue weighted by Crippen LogP contribution is -2.19. The fourth-order valence-corrected chi connectivity index (χ4v) is 1.63. The van der Waals surface area contributed by atoms with Crippen molar-refractivity contribution in [3.63, 3.8) is 0 Å². The van der Waals surface area contributed by atoms with E-state index in [1.807, 2.05) is 13.1 Å². The van der Waals surface area contributed by atoms with Gasteiger partial charge in [-0.05, 0) is 36.6 Å². The Hall–Kier alpha value is -1.09. The van der Waals surface area contributed by atoms with Crippen LogP contribution in [0.1, 0.15) is 18.4 Å². The van der Waals surface area contributed by atoms with E-state index in [4.69, 9.17) is 5.73 Å². The molecule has 0 saturated heterocycles. The van der Waals surface area contributed by atoms with Crippen molar-refractivity contribution in [2.45, 2.75) is 25.4 Å². The van der Waals surface area contributed by atoms with Crippen LogP contribution in [0.5, 0.6) is 0 Å². The first-order valence-electron chi connectivity index (χ1n) is 4.93. The summed E-state index contributed by atoms with van der Waals surface area (Å²) in [6.07, 6.45) is 2.43. The van der Waals surface area contributed by atoms with Crippen molar-refractivity contribution in [1.29, 1.82) is 0 Å². The zero-order valence-corrected chi connectivity index (χ0v) is 8.33. The topological polar surface area (TPSA) is 29.3 Å². The van der Waals surface area contributed by atoms with Crippen LogP contribution in [0.15, 0.2) is 18.2 Å². The molecule has 14 heavy (non-hydrogen) atoms. The van der Waals surface area contributed by atoms with Gasteiger partial charge in [0.1, 0.15) is 5.82 Å². The van der Waals surface area contributed by atoms with Gasteiger partial charge >= 0.3 is 0 Å². The molecular formula is C11H15FN2. The van der Waals surface area contributed by atoms with E-state index in [0.717, 1.165) is 11.3 Å². The quantitative estimate of drug-likeness (QED) is 0.796. The Bertz CT molecular complexity index is 334. The summed E-state index contributed by atoms with van der Waals surface area (Å²) in [5, 5.41) is 0. The summed E-state index contributed by atoms with van der Waals surface area (Å²) >= 11 is 0. The van der Waals surface area contributed by atoms with Gasteiger partial charge in [-0.15, -0.1) is 0 Å². The number of rotatable bonds is 3. The number of hydrogen-bond donors (Lipinski definition) is 1. The van der Waals surface area contributed by atoms with Crippen molar-refractivity contribution < 1.29 is 4.39 Å². The number of anilines is 1. The normalized spacial score (nSPS) is 15.6. The fourth-order valence-electron chi connectivity index (χ4n) is 1.63. The standard InChI is InChI=1S/C11H15FN2/c1-14(10-2-3-10)11-5-8(7-13)4-9(12)6-11/h4-6,10H,2-3,7,13H2,1H3. The van der Waals surface area contributed by atoms with Crippen LogP contribution in [0.3, 0.4) is 0 Å². The second kappa shape index (κ2) is 3.58. The smallest absolute Gasteiger partial charge is 0.125 e. The van der Waals surface area contributed by atoms with Gasteiger partial charge in [0.2, 0.25) is 0 Å². The maximum atomic E-state index is 13.2. The minimum absolute atomic E-state index is 0.199. The van der Waals surface area contributed by atoms with Crippen LogP contribution < -0.4 is 10.6 Å². The molecule has 2 nitrogen and oxygen atoms in total. The molecule has 0 aromatic heterocycles. The van der Waals surface area contributed by atoms with E-state index < -0.39 is 0 Å². The maximum Gasteiger partial charge on any atom is 0.125 e. The van der Waals surface area contributed by atoms with Gasteiger partial charge in [0, 0.05) is 25.3 Å². The van der Waals surface area contributed by atoms with Crippen molar-refractivity contribution >= 4 is 5.69 Å². The number of nitrogens with two attached hydrogens (primary N) is 1. The van der Waals surface area contributed by atoms with Crippen LogP contribution in [0, 0.1) is 5.82 Å². The third kappa shape index (κ3) is 1.87. The third-order valence-electron chi connectivity index (χ3n) is 2.68. The van der Waals surface area contributed by atoms with E-state index in [2.05, 4.69) is 4.90 Å². The van der Waals surface area contributed by atoms with Crippen LogP contribution in [0.25, 0.3) is 0 Å². The summed E-state index contributed by atoms with van der Waals surface area (Å²) in [6.45, 7) is 0.392. The van der Waals surface area contributed by atoms with E-state index in [1.165, 1.54) is 18.9 Å². The predicted octanol–water partition coefficient (Wildman–Crippen LogP) is 1.88. The first-order chi connectivity index (χ1) is 6.70. The number of nitrogens with zero attached hydrogens (tertiary/aromatic N) is 1. The van der Waals surface area contributed by atoms with E-state index in [1.54, 1.807) is 6.07 Å². The molecular weight excluding hydrogens is 179 g/mol. The molecule has 1 aromatic carbocycles. The SMILES string of the molecule is CN(c1cc(F)cc(CN)c1)C1CC1. The third-order valence-corrected chi connectivity index (χ3v) is 2.68. The zero-order chi connectivity index (χ0) is 10.1. The first kappa shape index (κ1) is 9.46. The molecule has 0 heterocycles. The molecule has 76 valence electrons. The highest BCUT2D eigenvalue weighted by molar-refractivity contribution is 5.50. The van der Waals surface area contributed by atoms with Crippen LogP contribution in [0.2, 0.25) is 0 Å². The van der Waals surface area contributed by atoms with Crippen LogP contribution in [-0.4, -0.2) is 13.1 Å². The summed E-state index contributed by atoms with van der Waals surface area (Å²) in [7, 11) is 2.01. The van der Waals surface area contributed by atoms with E-state index >= 15 is 0 Å². The van der Waals surface area contributed by atoms with Crippen LogP contribution >= 0.6 is 0 Å². The van der Waals surface area contributed by atoms with Crippen molar-refractivity contribution in [2.24, 2.45) is 5.73 Å². The Kier molecular flexibility index (Phi) is 2.42. The van der Waals surface area contributed by atoms with Gasteiger partial charge < -0.3 is 10.6 Å². The van der Waals surface area contributed by atoms with Crippen molar-refractivity contribution in [3.8, 4) is 0 Å². The lowest BCUT2D eigenvalue weighted by atomic mass is 10.2. The Labute approximate surface area is 83.5 Å². The molecule has 1 fully saturated rings. The Morgan fingerprint density at radius 2 is 2.14 bits per heavy atom. The lowest BCUT2D eigenvalue weighted by Gasteiger charge is -2.19. The second-order valence-electron chi connectivity index (χ2n) is 3.86. The minimum Gasteiger partial charge on any atom is -0.372 e. The average Bonchev–Trinajstić information content (AvgIpc) is 2.99. The second-order valence-corrected chi connectivity index (χ2v) is 3.86. The molecule has 1 aromatic rings. The molecule has 0 bridgehead atoms. The minimum atomic E-state index is -0.199. The van der Waals surface area contributed by atoms with E-state index in [-0.39, 0.29) is 5.82 Å². The molecule has 0 aliphatic heterocycles. The molecule has 0 spiro atoms. The lowest BCUT2D eigenvalue weighted by molar-refractivity contribution is 0.624. The van der Waals surface area contributed by atoms with E-state index in [9.17, 15) is 4.39 Å². The molecule has 1 saturated carbocycles. The summed E-state index contributed by atoms with van der Waals surface area (Å²) in [5.41, 5.74) is 7.29. The summed E-state index contributed by atoms with van der Waals surface area (Å²) in [4.78, 5) is 2.13. The fraction of sp³-hybridized carbons (Fsp3) is 0.455. The molecule has 0 unspecified atom stereocenters. The van der Waals surface area contributed by atoms with Gasteiger partial charge in [0.15, 0.2) is 0 Å². The summed E-state index contributed by atoms with van der Waals surface area (Å²) < 4.78 is 13.2. The zero-order valence-electron chi connectivity index (χ0n) is 8.33. The van der Waals surface area contributed by atoms with Crippen molar-refractivity contribution in [2.75, 3.05) is 11.9 Å². The maximum absolute atomic E-state index is 13.2. The highest BCUT2D eigenvalue weighted by Gasteiger charge is 2.26. The Morgan fingerprint density at radius 1 is 1.43 bits per heavy atom. The molecule has 0 radical (unpaired) electrons. The van der Waals surface area contributed by atoms with Crippen LogP contribution in [-0.2, 0) is 6.54 Å². The first-order valence-corrected chi connectivity index (χ1v) is 4.93. The summed E-state index contributed by atoms with van der Waals surface area (Å²) in [6, 6.07) is 5.62. The van der Waals surface area contributed by atoms with Gasteiger partial charge in [0.25, 0.3) is 0 Å². The van der Waals surface area contributed by atoms with Crippen molar-refractivity contribution in [3.05, 3.63) is 29.6 Å². The van der Waals surface area contributed by atoms with Gasteiger partial charge in [-0.3, -0.25) is 0 Å². The molecule has 0 atom stereocenters. The highest BCUT2D eigenvalue weighted by Crippen LogP contribution is 2.30. The largest absolute Gasteiger partial charge is 0.372 e.